The largest absolute Gasteiger partial charge is 0.497 e. The molecule has 28 heavy (non-hydrogen) atoms. The smallest absolute Gasteiger partial charge is 0.264 e. The molecule has 1 aliphatic heterocycles. The number of hydrogen-bond donors (Lipinski definition) is 0. The van der Waals surface area contributed by atoms with Crippen LogP contribution in [0.25, 0.3) is 0 Å². The predicted octanol–water partition coefficient (Wildman–Crippen LogP) is 3.80. The molecule has 6 nitrogen and oxygen atoms in total. The Balaban J connectivity index is 1.84. The normalized spacial score (nSPS) is 14.6. The van der Waals surface area contributed by atoms with Gasteiger partial charge < -0.3 is 9.64 Å². The highest BCUT2D eigenvalue weighted by Crippen LogP contribution is 2.29. The molecule has 2 aromatic rings. The summed E-state index contributed by atoms with van der Waals surface area (Å²) in [6, 6.07) is 10.9. The quantitative estimate of drug-likeness (QED) is 0.735. The minimum atomic E-state index is -3.76. The number of nitrogens with zero attached hydrogens (tertiary/aromatic N) is 2. The van der Waals surface area contributed by atoms with E-state index in [-0.39, 0.29) is 15.8 Å². The van der Waals surface area contributed by atoms with Crippen LogP contribution >= 0.6 is 11.6 Å². The Morgan fingerprint density at radius 3 is 2.29 bits per heavy atom. The number of rotatable bonds is 5. The van der Waals surface area contributed by atoms with Crippen molar-refractivity contribution < 1.29 is 17.9 Å². The lowest BCUT2D eigenvalue weighted by atomic mass is 10.1. The van der Waals surface area contributed by atoms with Gasteiger partial charge in [0.15, 0.2) is 0 Å². The van der Waals surface area contributed by atoms with Crippen molar-refractivity contribution in [2.24, 2.45) is 0 Å². The van der Waals surface area contributed by atoms with E-state index in [9.17, 15) is 13.2 Å². The summed E-state index contributed by atoms with van der Waals surface area (Å²) >= 11 is 6.34. The average molecular weight is 423 g/mol. The third kappa shape index (κ3) is 4.10. The van der Waals surface area contributed by atoms with Crippen LogP contribution < -0.4 is 9.04 Å². The van der Waals surface area contributed by atoms with Gasteiger partial charge in [0.25, 0.3) is 15.9 Å². The number of amides is 1. The first-order chi connectivity index (χ1) is 13.3. The molecule has 0 bridgehead atoms. The Labute approximate surface area is 170 Å². The van der Waals surface area contributed by atoms with Crippen molar-refractivity contribution in [2.45, 2.75) is 24.2 Å². The summed E-state index contributed by atoms with van der Waals surface area (Å²) in [6.45, 7) is 1.45. The lowest BCUT2D eigenvalue weighted by Crippen LogP contribution is -2.35. The lowest BCUT2D eigenvalue weighted by molar-refractivity contribution is 0.0724. The zero-order valence-corrected chi connectivity index (χ0v) is 17.5. The van der Waals surface area contributed by atoms with Crippen LogP contribution in [0.3, 0.4) is 0 Å². The molecule has 1 aliphatic rings. The molecule has 1 heterocycles. The standard InChI is InChI=1S/C20H23ClN2O4S/c1-22(28(25,26)17-9-7-16(27-2)8-10-17)15-6-11-18(19(21)14-15)20(24)23-12-4-3-5-13-23/h6-11,14H,3-5,12-13H2,1-2H3. The molecule has 150 valence electrons. The van der Waals surface area contributed by atoms with E-state index in [1.54, 1.807) is 29.2 Å². The Morgan fingerprint density at radius 2 is 1.71 bits per heavy atom. The zero-order valence-electron chi connectivity index (χ0n) is 15.9. The molecular formula is C20H23ClN2O4S. The van der Waals surface area contributed by atoms with Crippen molar-refractivity contribution in [3.05, 3.63) is 53.1 Å². The van der Waals surface area contributed by atoms with Crippen LogP contribution in [-0.2, 0) is 10.0 Å². The number of carbonyl (C=O) groups is 1. The third-order valence-electron chi connectivity index (χ3n) is 4.91. The molecule has 1 fully saturated rings. The fraction of sp³-hybridized carbons (Fsp3) is 0.350. The zero-order chi connectivity index (χ0) is 20.3. The molecule has 0 N–H and O–H groups in total. The summed E-state index contributed by atoms with van der Waals surface area (Å²) in [4.78, 5) is 14.6. The maximum absolute atomic E-state index is 12.9. The molecule has 0 radical (unpaired) electrons. The fourth-order valence-corrected chi connectivity index (χ4v) is 4.63. The number of carbonyl (C=O) groups excluding carboxylic acids is 1. The van der Waals surface area contributed by atoms with Crippen LogP contribution in [0.15, 0.2) is 47.4 Å². The van der Waals surface area contributed by atoms with E-state index >= 15 is 0 Å². The fourth-order valence-electron chi connectivity index (χ4n) is 3.19. The number of piperidine rings is 1. The maximum atomic E-state index is 12.9. The molecule has 2 aromatic carbocycles. The SMILES string of the molecule is COc1ccc(S(=O)(=O)N(C)c2ccc(C(=O)N3CCCCC3)c(Cl)c2)cc1. The summed E-state index contributed by atoms with van der Waals surface area (Å²) in [7, 11) is -0.790. The molecule has 0 aliphatic carbocycles. The van der Waals surface area contributed by atoms with Crippen molar-refractivity contribution in [2.75, 3.05) is 31.6 Å². The summed E-state index contributed by atoms with van der Waals surface area (Å²) < 4.78 is 32.0. The van der Waals surface area contributed by atoms with Crippen LogP contribution in [0, 0.1) is 0 Å². The van der Waals surface area contributed by atoms with Gasteiger partial charge in [0.05, 0.1) is 28.3 Å². The Hall–Kier alpha value is -2.25. The van der Waals surface area contributed by atoms with E-state index in [1.807, 2.05) is 0 Å². The van der Waals surface area contributed by atoms with Gasteiger partial charge in [0.1, 0.15) is 5.75 Å². The topological polar surface area (TPSA) is 66.9 Å². The van der Waals surface area contributed by atoms with Crippen LogP contribution in [-0.4, -0.2) is 46.5 Å². The second-order valence-electron chi connectivity index (χ2n) is 6.67. The molecule has 0 aromatic heterocycles. The lowest BCUT2D eigenvalue weighted by Gasteiger charge is -2.27. The number of methoxy groups -OCH3 is 1. The van der Waals surface area contributed by atoms with Crippen LogP contribution in [0.5, 0.6) is 5.75 Å². The maximum Gasteiger partial charge on any atom is 0.264 e. The third-order valence-corrected chi connectivity index (χ3v) is 7.02. The minimum absolute atomic E-state index is 0.114. The number of anilines is 1. The van der Waals surface area contributed by atoms with Gasteiger partial charge in [0.2, 0.25) is 0 Å². The van der Waals surface area contributed by atoms with Crippen molar-refractivity contribution in [3.63, 3.8) is 0 Å². The number of halogens is 1. The van der Waals surface area contributed by atoms with Gasteiger partial charge in [0, 0.05) is 20.1 Å². The summed E-state index contributed by atoms with van der Waals surface area (Å²) in [6.07, 6.45) is 3.11. The Morgan fingerprint density at radius 1 is 1.07 bits per heavy atom. The molecule has 8 heteroatoms. The van der Waals surface area contributed by atoms with Crippen LogP contribution in [0.1, 0.15) is 29.6 Å². The molecule has 0 saturated carbocycles. The second kappa shape index (κ2) is 8.41. The highest BCUT2D eigenvalue weighted by Gasteiger charge is 2.24. The molecular weight excluding hydrogens is 400 g/mol. The Bertz CT molecular complexity index is 955. The average Bonchev–Trinajstić information content (AvgIpc) is 2.73. The molecule has 0 unspecified atom stereocenters. The van der Waals surface area contributed by atoms with E-state index in [0.29, 0.717) is 17.0 Å². The Kier molecular flexibility index (Phi) is 6.15. The van der Waals surface area contributed by atoms with Crippen molar-refractivity contribution in [1.82, 2.24) is 4.90 Å². The molecule has 1 amide bonds. The van der Waals surface area contributed by atoms with Crippen molar-refractivity contribution >= 4 is 33.2 Å². The molecule has 0 atom stereocenters. The number of likely N-dealkylation sites (tertiary alicyclic amines) is 1. The van der Waals surface area contributed by atoms with Gasteiger partial charge in [-0.05, 0) is 61.7 Å². The molecule has 1 saturated heterocycles. The van der Waals surface area contributed by atoms with Gasteiger partial charge in [-0.2, -0.15) is 0 Å². The number of ether oxygens (including phenoxy) is 1. The van der Waals surface area contributed by atoms with Gasteiger partial charge in [-0.15, -0.1) is 0 Å². The number of sulfonamides is 1. The minimum Gasteiger partial charge on any atom is -0.497 e. The summed E-state index contributed by atoms with van der Waals surface area (Å²) in [5.41, 5.74) is 0.776. The first kappa shape index (κ1) is 20.5. The first-order valence-corrected chi connectivity index (χ1v) is 10.9. The van der Waals surface area contributed by atoms with Gasteiger partial charge >= 0.3 is 0 Å². The van der Waals surface area contributed by atoms with Crippen molar-refractivity contribution in [1.29, 1.82) is 0 Å². The van der Waals surface area contributed by atoms with E-state index in [0.717, 1.165) is 36.7 Å². The van der Waals surface area contributed by atoms with Crippen LogP contribution in [0.4, 0.5) is 5.69 Å². The highest BCUT2D eigenvalue weighted by atomic mass is 35.5. The van der Waals surface area contributed by atoms with Crippen LogP contribution in [0.2, 0.25) is 5.02 Å². The van der Waals surface area contributed by atoms with Gasteiger partial charge in [-0.25, -0.2) is 8.42 Å². The predicted molar refractivity (Wildman–Crippen MR) is 110 cm³/mol. The summed E-state index contributed by atoms with van der Waals surface area (Å²) in [5, 5.41) is 0.241. The molecule has 0 spiro atoms. The van der Waals surface area contributed by atoms with Crippen molar-refractivity contribution in [3.8, 4) is 5.75 Å². The van der Waals surface area contributed by atoms with E-state index in [2.05, 4.69) is 0 Å². The highest BCUT2D eigenvalue weighted by molar-refractivity contribution is 7.92. The monoisotopic (exact) mass is 422 g/mol. The second-order valence-corrected chi connectivity index (χ2v) is 9.04. The van der Waals surface area contributed by atoms with E-state index in [4.69, 9.17) is 16.3 Å². The van der Waals surface area contributed by atoms with Gasteiger partial charge in [-0.3, -0.25) is 9.10 Å². The summed E-state index contributed by atoms with van der Waals surface area (Å²) in [5.74, 6) is 0.460. The molecule has 3 rings (SSSR count). The van der Waals surface area contributed by atoms with E-state index < -0.39 is 10.0 Å². The number of hydrogen-bond acceptors (Lipinski definition) is 4. The van der Waals surface area contributed by atoms with E-state index in [1.165, 1.54) is 32.4 Å². The van der Waals surface area contributed by atoms with Gasteiger partial charge in [-0.1, -0.05) is 11.6 Å². The first-order valence-electron chi connectivity index (χ1n) is 9.06. The number of benzene rings is 2.